The van der Waals surface area contributed by atoms with Crippen LogP contribution in [0.3, 0.4) is 0 Å². The second kappa shape index (κ2) is 10.2. The summed E-state index contributed by atoms with van der Waals surface area (Å²) in [5.74, 6) is -1.57. The number of hydrogen-bond donors (Lipinski definition) is 0. The van der Waals surface area contributed by atoms with E-state index >= 15 is 0 Å². The molecule has 0 unspecified atom stereocenters. The van der Waals surface area contributed by atoms with Crippen molar-refractivity contribution in [3.05, 3.63) is 35.9 Å². The Labute approximate surface area is 177 Å². The van der Waals surface area contributed by atoms with Gasteiger partial charge in [-0.15, -0.1) is 0 Å². The summed E-state index contributed by atoms with van der Waals surface area (Å²) < 4.78 is 22.4. The van der Waals surface area contributed by atoms with Gasteiger partial charge in [-0.05, 0) is 30.2 Å². The van der Waals surface area contributed by atoms with Crippen molar-refractivity contribution in [3.8, 4) is 0 Å². The van der Waals surface area contributed by atoms with Gasteiger partial charge in [0.25, 0.3) is 0 Å². The van der Waals surface area contributed by atoms with E-state index in [1.807, 2.05) is 30.3 Å². The van der Waals surface area contributed by atoms with E-state index in [1.54, 1.807) is 0 Å². The van der Waals surface area contributed by atoms with Crippen LogP contribution in [0.1, 0.15) is 57.9 Å². The number of carbonyl (C=O) groups excluding carboxylic acids is 3. The van der Waals surface area contributed by atoms with Crippen LogP contribution in [0.4, 0.5) is 0 Å². The predicted molar refractivity (Wildman–Crippen MR) is 107 cm³/mol. The van der Waals surface area contributed by atoms with Gasteiger partial charge in [-0.3, -0.25) is 14.4 Å². The third-order valence-corrected chi connectivity index (χ3v) is 5.92. The Hall–Kier alpha value is -2.25. The van der Waals surface area contributed by atoms with E-state index in [0.29, 0.717) is 32.5 Å². The van der Waals surface area contributed by atoms with Gasteiger partial charge in [0.05, 0.1) is 12.5 Å². The minimum atomic E-state index is -1.06. The van der Waals surface area contributed by atoms with Crippen LogP contribution in [0, 0.1) is 11.3 Å². The lowest BCUT2D eigenvalue weighted by atomic mass is 9.65. The summed E-state index contributed by atoms with van der Waals surface area (Å²) in [6.07, 6.45) is 1.91. The number of hydrogen-bond acceptors (Lipinski definition) is 7. The van der Waals surface area contributed by atoms with Crippen LogP contribution in [0.15, 0.2) is 30.3 Å². The average molecular weight is 418 g/mol. The van der Waals surface area contributed by atoms with Crippen LogP contribution >= 0.6 is 0 Å². The highest BCUT2D eigenvalue weighted by atomic mass is 16.8. The van der Waals surface area contributed by atoms with Gasteiger partial charge in [-0.1, -0.05) is 36.8 Å². The molecule has 0 bridgehead atoms. The number of Topliss-reactive ketones (excluding diaryl/α,β-unsaturated/α-hetero) is 1. The molecule has 4 atom stereocenters. The van der Waals surface area contributed by atoms with E-state index in [-0.39, 0.29) is 5.78 Å². The number of carbonyl (C=O) groups is 3. The maximum absolute atomic E-state index is 13.0. The Kier molecular flexibility index (Phi) is 7.61. The highest BCUT2D eigenvalue weighted by Crippen LogP contribution is 2.51. The summed E-state index contributed by atoms with van der Waals surface area (Å²) in [4.78, 5) is 36.2. The summed E-state index contributed by atoms with van der Waals surface area (Å²) in [5, 5.41) is 0. The van der Waals surface area contributed by atoms with Crippen LogP contribution in [0.25, 0.3) is 0 Å². The quantitative estimate of drug-likeness (QED) is 0.494. The number of ketones is 1. The van der Waals surface area contributed by atoms with Crippen LogP contribution in [-0.4, -0.2) is 36.9 Å². The van der Waals surface area contributed by atoms with Crippen LogP contribution in [-0.2, 0) is 39.9 Å². The fourth-order valence-corrected chi connectivity index (χ4v) is 4.64. The minimum absolute atomic E-state index is 0.0306. The summed E-state index contributed by atoms with van der Waals surface area (Å²) in [6.45, 7) is 3.51. The molecule has 7 nitrogen and oxygen atoms in total. The van der Waals surface area contributed by atoms with E-state index < -0.39 is 35.9 Å². The molecule has 1 saturated carbocycles. The largest absolute Gasteiger partial charge is 0.436 e. The monoisotopic (exact) mass is 418 g/mol. The van der Waals surface area contributed by atoms with Gasteiger partial charge in [0.15, 0.2) is 0 Å². The van der Waals surface area contributed by atoms with Gasteiger partial charge in [0.1, 0.15) is 5.78 Å². The van der Waals surface area contributed by atoms with Crippen molar-refractivity contribution in [3.63, 3.8) is 0 Å². The zero-order valence-electron chi connectivity index (χ0n) is 17.6. The first-order valence-electron chi connectivity index (χ1n) is 10.5. The van der Waals surface area contributed by atoms with Crippen LogP contribution < -0.4 is 0 Å². The fraction of sp³-hybridized carbons (Fsp3) is 0.609. The first-order chi connectivity index (χ1) is 14.4. The molecule has 1 aromatic rings. The molecule has 0 spiro atoms. The molecule has 0 amide bonds. The van der Waals surface area contributed by atoms with Crippen LogP contribution in [0.2, 0.25) is 0 Å². The molecule has 0 radical (unpaired) electrons. The minimum Gasteiger partial charge on any atom is -0.436 e. The zero-order chi connectivity index (χ0) is 21.6. The SMILES string of the molecule is CC(=O)O[C@H]1C[C@]2(CCOCc3ccccc3)CCCCC(=O)[C@@H]2[C@H](OC(C)=O)O1. The van der Waals surface area contributed by atoms with E-state index in [9.17, 15) is 14.4 Å². The molecule has 0 N–H and O–H groups in total. The summed E-state index contributed by atoms with van der Waals surface area (Å²) in [6, 6.07) is 9.87. The van der Waals surface area contributed by atoms with Gasteiger partial charge in [0, 0.05) is 33.3 Å². The van der Waals surface area contributed by atoms with Crippen molar-refractivity contribution in [2.45, 2.75) is 71.6 Å². The van der Waals surface area contributed by atoms with Gasteiger partial charge in [-0.25, -0.2) is 0 Å². The molecule has 1 heterocycles. The number of esters is 2. The average Bonchev–Trinajstić information content (AvgIpc) is 2.84. The molecule has 2 fully saturated rings. The second-order valence-corrected chi connectivity index (χ2v) is 8.16. The lowest BCUT2D eigenvalue weighted by Crippen LogP contribution is -2.54. The van der Waals surface area contributed by atoms with E-state index in [1.165, 1.54) is 13.8 Å². The maximum Gasteiger partial charge on any atom is 0.304 e. The van der Waals surface area contributed by atoms with E-state index in [4.69, 9.17) is 18.9 Å². The highest BCUT2D eigenvalue weighted by Gasteiger charge is 2.55. The van der Waals surface area contributed by atoms with Crippen molar-refractivity contribution >= 4 is 17.7 Å². The summed E-state index contributed by atoms with van der Waals surface area (Å²) in [5.41, 5.74) is 0.564. The molecule has 1 aromatic carbocycles. The standard InChI is InChI=1S/C23H30O7/c1-16(24)28-20-14-23(12-13-27-15-18-8-4-3-5-9-18)11-7-6-10-19(26)21(23)22(30-20)29-17(2)25/h3-5,8-9,20-22H,6-7,10-15H2,1-2H3/t20-,21-,22-,23-/m1/s1. The number of benzene rings is 1. The number of fused-ring (bicyclic) bond motifs is 1. The Bertz CT molecular complexity index is 747. The highest BCUT2D eigenvalue weighted by molar-refractivity contribution is 5.83. The molecule has 1 saturated heterocycles. The smallest absolute Gasteiger partial charge is 0.304 e. The van der Waals surface area contributed by atoms with Gasteiger partial charge >= 0.3 is 11.9 Å². The number of rotatable bonds is 7. The first kappa shape index (κ1) is 22.4. The number of ether oxygens (including phenoxy) is 4. The second-order valence-electron chi connectivity index (χ2n) is 8.16. The van der Waals surface area contributed by atoms with Gasteiger partial charge in [-0.2, -0.15) is 0 Å². The predicted octanol–water partition coefficient (Wildman–Crippen LogP) is 3.54. The van der Waals surface area contributed by atoms with Crippen molar-refractivity contribution < 1.29 is 33.3 Å². The third-order valence-electron chi connectivity index (χ3n) is 5.92. The third kappa shape index (κ3) is 5.67. The lowest BCUT2D eigenvalue weighted by Gasteiger charge is -2.48. The Morgan fingerprint density at radius 3 is 2.53 bits per heavy atom. The Morgan fingerprint density at radius 1 is 1.10 bits per heavy atom. The van der Waals surface area contributed by atoms with Gasteiger partial charge in [0.2, 0.25) is 12.6 Å². The van der Waals surface area contributed by atoms with E-state index in [2.05, 4.69) is 0 Å². The molecule has 1 aliphatic carbocycles. The van der Waals surface area contributed by atoms with Gasteiger partial charge < -0.3 is 18.9 Å². The molecule has 164 valence electrons. The fourth-order valence-electron chi connectivity index (χ4n) is 4.64. The first-order valence-corrected chi connectivity index (χ1v) is 10.5. The Morgan fingerprint density at radius 2 is 1.83 bits per heavy atom. The summed E-state index contributed by atoms with van der Waals surface area (Å²) in [7, 11) is 0. The van der Waals surface area contributed by atoms with Crippen molar-refractivity contribution in [1.82, 2.24) is 0 Å². The van der Waals surface area contributed by atoms with E-state index in [0.717, 1.165) is 24.8 Å². The lowest BCUT2D eigenvalue weighted by molar-refractivity contribution is -0.295. The molecule has 3 rings (SSSR count). The van der Waals surface area contributed by atoms with Crippen molar-refractivity contribution in [2.75, 3.05) is 6.61 Å². The molecule has 7 heteroatoms. The van der Waals surface area contributed by atoms with Crippen molar-refractivity contribution in [2.24, 2.45) is 11.3 Å². The maximum atomic E-state index is 13.0. The zero-order valence-corrected chi connectivity index (χ0v) is 17.6. The van der Waals surface area contributed by atoms with Crippen molar-refractivity contribution in [1.29, 1.82) is 0 Å². The molecular weight excluding hydrogens is 388 g/mol. The molecule has 0 aromatic heterocycles. The molecule has 30 heavy (non-hydrogen) atoms. The normalized spacial score (nSPS) is 28.9. The molecule has 1 aliphatic heterocycles. The molecular formula is C23H30O7. The van der Waals surface area contributed by atoms with Crippen LogP contribution in [0.5, 0.6) is 0 Å². The molecule has 2 aliphatic rings. The Balaban J connectivity index is 1.78. The summed E-state index contributed by atoms with van der Waals surface area (Å²) >= 11 is 0. The topological polar surface area (TPSA) is 88.1 Å².